The molecular formula is C21H23N3O3. The van der Waals surface area contributed by atoms with Crippen LogP contribution in [0.3, 0.4) is 0 Å². The summed E-state index contributed by atoms with van der Waals surface area (Å²) in [7, 11) is 0. The highest BCUT2D eigenvalue weighted by molar-refractivity contribution is 5.78. The highest BCUT2D eigenvalue weighted by atomic mass is 16.5. The zero-order valence-corrected chi connectivity index (χ0v) is 15.6. The second kappa shape index (κ2) is 8.49. The van der Waals surface area contributed by atoms with E-state index in [0.717, 1.165) is 12.0 Å². The molecule has 0 radical (unpaired) electrons. The molecule has 0 aliphatic heterocycles. The Bertz CT molecular complexity index is 997. The van der Waals surface area contributed by atoms with Crippen LogP contribution in [-0.4, -0.2) is 33.9 Å². The fraction of sp³-hybridized carbons (Fsp3) is 0.286. The lowest BCUT2D eigenvalue weighted by Gasteiger charge is -2.20. The fourth-order valence-electron chi connectivity index (χ4n) is 2.86. The van der Waals surface area contributed by atoms with E-state index in [-0.39, 0.29) is 24.6 Å². The number of likely N-dealkylation sites (N-methyl/N-ethyl adjacent to an activating group) is 1. The number of ether oxygens (including phenoxy) is 1. The number of amides is 1. The highest BCUT2D eigenvalue weighted by Gasteiger charge is 2.15. The predicted octanol–water partition coefficient (Wildman–Crippen LogP) is 2.91. The van der Waals surface area contributed by atoms with Crippen LogP contribution in [0.5, 0.6) is 5.75 Å². The van der Waals surface area contributed by atoms with Gasteiger partial charge in [-0.2, -0.15) is 0 Å². The zero-order chi connectivity index (χ0) is 19.2. The molecule has 1 heterocycles. The SMILES string of the molecule is CCc1cccc(OCC(=O)N(CC)Cc2nc3ccccc3c(=O)[nH]2)c1. The van der Waals surface area contributed by atoms with Crippen LogP contribution in [0.2, 0.25) is 0 Å². The summed E-state index contributed by atoms with van der Waals surface area (Å²) in [5.41, 5.74) is 1.57. The van der Waals surface area contributed by atoms with Gasteiger partial charge in [-0.1, -0.05) is 31.2 Å². The van der Waals surface area contributed by atoms with Crippen molar-refractivity contribution < 1.29 is 9.53 Å². The second-order valence-electron chi connectivity index (χ2n) is 6.23. The van der Waals surface area contributed by atoms with E-state index in [9.17, 15) is 9.59 Å². The number of nitrogens with one attached hydrogen (secondary N) is 1. The largest absolute Gasteiger partial charge is 0.484 e. The molecule has 0 spiro atoms. The Morgan fingerprint density at radius 2 is 1.96 bits per heavy atom. The topological polar surface area (TPSA) is 75.3 Å². The normalized spacial score (nSPS) is 10.7. The van der Waals surface area contributed by atoms with Crippen LogP contribution in [-0.2, 0) is 17.8 Å². The summed E-state index contributed by atoms with van der Waals surface area (Å²) in [6.07, 6.45) is 0.910. The minimum atomic E-state index is -0.202. The maximum absolute atomic E-state index is 12.5. The minimum Gasteiger partial charge on any atom is -0.484 e. The monoisotopic (exact) mass is 365 g/mol. The van der Waals surface area contributed by atoms with Crippen molar-refractivity contribution in [2.75, 3.05) is 13.2 Å². The fourth-order valence-corrected chi connectivity index (χ4v) is 2.86. The summed E-state index contributed by atoms with van der Waals surface area (Å²) in [6, 6.07) is 14.9. The van der Waals surface area contributed by atoms with Crippen LogP contribution in [0.25, 0.3) is 10.9 Å². The van der Waals surface area contributed by atoms with Gasteiger partial charge in [-0.15, -0.1) is 0 Å². The first kappa shape index (κ1) is 18.6. The predicted molar refractivity (Wildman–Crippen MR) is 105 cm³/mol. The summed E-state index contributed by atoms with van der Waals surface area (Å²) in [6.45, 7) is 4.62. The van der Waals surface area contributed by atoms with Crippen LogP contribution < -0.4 is 10.3 Å². The molecule has 0 saturated carbocycles. The van der Waals surface area contributed by atoms with Crippen molar-refractivity contribution in [2.45, 2.75) is 26.8 Å². The number of aryl methyl sites for hydroxylation is 1. The van der Waals surface area contributed by atoms with Crippen molar-refractivity contribution in [3.05, 3.63) is 70.3 Å². The van der Waals surface area contributed by atoms with Gasteiger partial charge in [0.25, 0.3) is 11.5 Å². The molecule has 1 aromatic heterocycles. The lowest BCUT2D eigenvalue weighted by atomic mass is 10.2. The molecule has 0 fully saturated rings. The first-order chi connectivity index (χ1) is 13.1. The Morgan fingerprint density at radius 1 is 1.15 bits per heavy atom. The number of carbonyl (C=O) groups is 1. The number of aromatic nitrogens is 2. The van der Waals surface area contributed by atoms with Gasteiger partial charge in [0.15, 0.2) is 6.61 Å². The average molecular weight is 365 g/mol. The number of carbonyl (C=O) groups excluding carboxylic acids is 1. The van der Waals surface area contributed by atoms with Crippen LogP contribution >= 0.6 is 0 Å². The number of fused-ring (bicyclic) bond motifs is 1. The first-order valence-corrected chi connectivity index (χ1v) is 9.08. The number of hydrogen-bond donors (Lipinski definition) is 1. The molecular weight excluding hydrogens is 342 g/mol. The van der Waals surface area contributed by atoms with Gasteiger partial charge in [0.05, 0.1) is 17.4 Å². The van der Waals surface area contributed by atoms with E-state index in [2.05, 4.69) is 16.9 Å². The molecule has 2 aromatic carbocycles. The molecule has 6 heteroatoms. The van der Waals surface area contributed by atoms with Gasteiger partial charge in [0.2, 0.25) is 0 Å². The Labute approximate surface area is 157 Å². The second-order valence-corrected chi connectivity index (χ2v) is 6.23. The van der Waals surface area contributed by atoms with Gasteiger partial charge in [0.1, 0.15) is 11.6 Å². The van der Waals surface area contributed by atoms with Crippen LogP contribution in [0.4, 0.5) is 0 Å². The molecule has 6 nitrogen and oxygen atoms in total. The third-order valence-electron chi connectivity index (χ3n) is 4.41. The molecule has 0 aliphatic carbocycles. The molecule has 1 N–H and O–H groups in total. The molecule has 0 unspecified atom stereocenters. The lowest BCUT2D eigenvalue weighted by Crippen LogP contribution is -2.35. The Balaban J connectivity index is 1.69. The summed E-state index contributed by atoms with van der Waals surface area (Å²) >= 11 is 0. The highest BCUT2D eigenvalue weighted by Crippen LogP contribution is 2.14. The Kier molecular flexibility index (Phi) is 5.86. The van der Waals surface area contributed by atoms with Crippen molar-refractivity contribution in [1.82, 2.24) is 14.9 Å². The van der Waals surface area contributed by atoms with Gasteiger partial charge < -0.3 is 14.6 Å². The average Bonchev–Trinajstić information content (AvgIpc) is 2.70. The van der Waals surface area contributed by atoms with Gasteiger partial charge in [-0.25, -0.2) is 4.98 Å². The number of rotatable bonds is 7. The van der Waals surface area contributed by atoms with E-state index < -0.39 is 0 Å². The number of H-pyrrole nitrogens is 1. The summed E-state index contributed by atoms with van der Waals surface area (Å²) in [5, 5.41) is 0.537. The van der Waals surface area contributed by atoms with Crippen LogP contribution in [0.15, 0.2) is 53.3 Å². The lowest BCUT2D eigenvalue weighted by molar-refractivity contribution is -0.133. The van der Waals surface area contributed by atoms with Crippen molar-refractivity contribution in [3.63, 3.8) is 0 Å². The number of aromatic amines is 1. The van der Waals surface area contributed by atoms with E-state index >= 15 is 0 Å². The standard InChI is InChI=1S/C21H23N3O3/c1-3-15-8-7-9-16(12-15)27-14-20(25)24(4-2)13-19-22-18-11-6-5-10-17(18)21(26)23-19/h5-12H,3-4,13-14H2,1-2H3,(H,22,23,26). The number of nitrogens with zero attached hydrogens (tertiary/aromatic N) is 2. The quantitative estimate of drug-likeness (QED) is 0.698. The summed E-state index contributed by atoms with van der Waals surface area (Å²) in [4.78, 5) is 33.5. The Morgan fingerprint density at radius 3 is 2.74 bits per heavy atom. The van der Waals surface area contributed by atoms with Crippen molar-refractivity contribution >= 4 is 16.8 Å². The van der Waals surface area contributed by atoms with Crippen molar-refractivity contribution in [2.24, 2.45) is 0 Å². The van der Waals surface area contributed by atoms with Crippen molar-refractivity contribution in [1.29, 1.82) is 0 Å². The van der Waals surface area contributed by atoms with Gasteiger partial charge >= 0.3 is 0 Å². The van der Waals surface area contributed by atoms with E-state index in [0.29, 0.717) is 29.0 Å². The third kappa shape index (κ3) is 4.53. The minimum absolute atomic E-state index is 0.0567. The van der Waals surface area contributed by atoms with Crippen LogP contribution in [0, 0.1) is 0 Å². The van der Waals surface area contributed by atoms with Gasteiger partial charge in [-0.05, 0) is 43.2 Å². The molecule has 0 atom stereocenters. The molecule has 3 aromatic rings. The molecule has 1 amide bonds. The smallest absolute Gasteiger partial charge is 0.260 e. The van der Waals surface area contributed by atoms with E-state index in [4.69, 9.17) is 4.74 Å². The summed E-state index contributed by atoms with van der Waals surface area (Å²) in [5.74, 6) is 0.980. The molecule has 0 saturated heterocycles. The molecule has 27 heavy (non-hydrogen) atoms. The Hall–Kier alpha value is -3.15. The number of benzene rings is 2. The first-order valence-electron chi connectivity index (χ1n) is 9.08. The van der Waals surface area contributed by atoms with Gasteiger partial charge in [-0.3, -0.25) is 9.59 Å². The van der Waals surface area contributed by atoms with E-state index in [1.54, 1.807) is 23.1 Å². The molecule has 0 aliphatic rings. The molecule has 140 valence electrons. The molecule has 3 rings (SSSR count). The van der Waals surface area contributed by atoms with E-state index in [1.165, 1.54) is 0 Å². The maximum atomic E-state index is 12.5. The molecule has 0 bridgehead atoms. The van der Waals surface area contributed by atoms with Gasteiger partial charge in [0, 0.05) is 6.54 Å². The van der Waals surface area contributed by atoms with Crippen molar-refractivity contribution in [3.8, 4) is 5.75 Å². The third-order valence-corrected chi connectivity index (χ3v) is 4.41. The van der Waals surface area contributed by atoms with Crippen LogP contribution in [0.1, 0.15) is 25.2 Å². The number of hydrogen-bond acceptors (Lipinski definition) is 4. The maximum Gasteiger partial charge on any atom is 0.260 e. The number of para-hydroxylation sites is 1. The van der Waals surface area contributed by atoms with E-state index in [1.807, 2.05) is 37.3 Å². The zero-order valence-electron chi connectivity index (χ0n) is 15.6. The summed E-state index contributed by atoms with van der Waals surface area (Å²) < 4.78 is 5.64.